The minimum atomic E-state index is -0.608. The molecule has 20 heavy (non-hydrogen) atoms. The van der Waals surface area contributed by atoms with E-state index in [9.17, 15) is 4.79 Å². The number of hydrogen-bond acceptors (Lipinski definition) is 4. The molecule has 0 N–H and O–H groups in total. The standard InChI is InChI=1S/C16H18O4/c1-9(2)14-13(17)11-6-5-10-7-16(3,18-4)19-8-12(10)15(11)20-14/h5-6H,7-8H2,1-4H3. The first-order valence-electron chi connectivity index (χ1n) is 6.69. The Hall–Kier alpha value is -1.65. The summed E-state index contributed by atoms with van der Waals surface area (Å²) in [5.41, 5.74) is 3.59. The van der Waals surface area contributed by atoms with Gasteiger partial charge >= 0.3 is 0 Å². The number of benzene rings is 1. The minimum Gasteiger partial charge on any atom is -0.452 e. The summed E-state index contributed by atoms with van der Waals surface area (Å²) < 4.78 is 17.0. The molecule has 0 fully saturated rings. The molecule has 1 atom stereocenters. The number of allylic oxidation sites excluding steroid dienone is 2. The average molecular weight is 274 g/mol. The fourth-order valence-corrected chi connectivity index (χ4v) is 2.64. The van der Waals surface area contributed by atoms with Gasteiger partial charge in [0.25, 0.3) is 0 Å². The lowest BCUT2D eigenvalue weighted by atomic mass is 9.94. The van der Waals surface area contributed by atoms with Gasteiger partial charge in [-0.2, -0.15) is 0 Å². The third-order valence-electron chi connectivity index (χ3n) is 3.93. The van der Waals surface area contributed by atoms with Gasteiger partial charge in [-0.15, -0.1) is 0 Å². The number of ether oxygens (including phenoxy) is 3. The Morgan fingerprint density at radius 3 is 2.75 bits per heavy atom. The van der Waals surface area contributed by atoms with Gasteiger partial charge in [-0.25, -0.2) is 0 Å². The first kappa shape index (κ1) is 13.3. The van der Waals surface area contributed by atoms with Crippen LogP contribution in [-0.2, 0) is 22.5 Å². The van der Waals surface area contributed by atoms with E-state index in [1.807, 2.05) is 32.9 Å². The Bertz CT molecular complexity index is 626. The monoisotopic (exact) mass is 274 g/mol. The molecular weight excluding hydrogens is 256 g/mol. The Kier molecular flexibility index (Phi) is 2.96. The van der Waals surface area contributed by atoms with Crippen LogP contribution in [0, 0.1) is 0 Å². The Morgan fingerprint density at radius 2 is 2.10 bits per heavy atom. The van der Waals surface area contributed by atoms with Crippen molar-refractivity contribution in [2.75, 3.05) is 7.11 Å². The highest BCUT2D eigenvalue weighted by Crippen LogP contribution is 2.41. The van der Waals surface area contributed by atoms with Gasteiger partial charge in [0.2, 0.25) is 5.78 Å². The first-order chi connectivity index (χ1) is 9.45. The van der Waals surface area contributed by atoms with E-state index in [1.54, 1.807) is 7.11 Å². The van der Waals surface area contributed by atoms with E-state index in [0.717, 1.165) is 16.7 Å². The van der Waals surface area contributed by atoms with Crippen molar-refractivity contribution in [1.29, 1.82) is 0 Å². The summed E-state index contributed by atoms with van der Waals surface area (Å²) in [5, 5.41) is 0. The molecule has 2 aliphatic heterocycles. The van der Waals surface area contributed by atoms with Crippen molar-refractivity contribution in [3.63, 3.8) is 0 Å². The average Bonchev–Trinajstić information content (AvgIpc) is 2.76. The van der Waals surface area contributed by atoms with Gasteiger partial charge < -0.3 is 14.2 Å². The van der Waals surface area contributed by atoms with E-state index in [4.69, 9.17) is 14.2 Å². The van der Waals surface area contributed by atoms with Gasteiger partial charge in [0.05, 0.1) is 12.2 Å². The van der Waals surface area contributed by atoms with Crippen molar-refractivity contribution < 1.29 is 19.0 Å². The highest BCUT2D eigenvalue weighted by Gasteiger charge is 2.37. The quantitative estimate of drug-likeness (QED) is 0.738. The van der Waals surface area contributed by atoms with Gasteiger partial charge in [0.15, 0.2) is 11.5 Å². The lowest BCUT2D eigenvalue weighted by Crippen LogP contribution is -2.37. The van der Waals surface area contributed by atoms with Crippen molar-refractivity contribution >= 4 is 5.78 Å². The fourth-order valence-electron chi connectivity index (χ4n) is 2.64. The normalized spacial score (nSPS) is 24.2. The number of hydrogen-bond donors (Lipinski definition) is 0. The summed E-state index contributed by atoms with van der Waals surface area (Å²) in [6.45, 7) is 6.07. The van der Waals surface area contributed by atoms with Gasteiger partial charge in [-0.3, -0.25) is 4.79 Å². The number of carbonyl (C=O) groups excluding carboxylic acids is 1. The molecule has 4 nitrogen and oxygen atoms in total. The second kappa shape index (κ2) is 4.43. The molecule has 0 aromatic heterocycles. The predicted molar refractivity (Wildman–Crippen MR) is 73.7 cm³/mol. The number of Topliss-reactive ketones (excluding diaryl/α,β-unsaturated/α-hetero) is 1. The SMILES string of the molecule is COC1(C)Cc2ccc3c(c2CO1)OC(=C(C)C)C3=O. The molecule has 0 aliphatic carbocycles. The number of carbonyl (C=O) groups is 1. The summed E-state index contributed by atoms with van der Waals surface area (Å²) >= 11 is 0. The van der Waals surface area contributed by atoms with Crippen molar-refractivity contribution in [2.24, 2.45) is 0 Å². The van der Waals surface area contributed by atoms with Crippen LogP contribution in [0.1, 0.15) is 42.3 Å². The fraction of sp³-hybridized carbons (Fsp3) is 0.438. The summed E-state index contributed by atoms with van der Waals surface area (Å²) in [6.07, 6.45) is 0.647. The van der Waals surface area contributed by atoms with E-state index < -0.39 is 5.79 Å². The van der Waals surface area contributed by atoms with E-state index in [0.29, 0.717) is 30.1 Å². The van der Waals surface area contributed by atoms with Crippen LogP contribution in [-0.4, -0.2) is 18.7 Å². The molecule has 2 heterocycles. The van der Waals surface area contributed by atoms with E-state index in [2.05, 4.69) is 0 Å². The number of rotatable bonds is 1. The minimum absolute atomic E-state index is 0.0390. The van der Waals surface area contributed by atoms with Gasteiger partial charge in [-0.05, 0) is 38.0 Å². The van der Waals surface area contributed by atoms with Gasteiger partial charge in [0.1, 0.15) is 5.75 Å². The zero-order valence-electron chi connectivity index (χ0n) is 12.2. The topological polar surface area (TPSA) is 44.8 Å². The summed E-state index contributed by atoms with van der Waals surface area (Å²) in [7, 11) is 1.64. The maximum Gasteiger partial charge on any atom is 0.231 e. The van der Waals surface area contributed by atoms with Crippen LogP contribution in [0.2, 0.25) is 0 Å². The van der Waals surface area contributed by atoms with Crippen LogP contribution >= 0.6 is 0 Å². The van der Waals surface area contributed by atoms with Crippen LogP contribution in [0.25, 0.3) is 0 Å². The van der Waals surface area contributed by atoms with Crippen molar-refractivity contribution in [1.82, 2.24) is 0 Å². The summed E-state index contributed by atoms with van der Waals surface area (Å²) in [6, 6.07) is 3.82. The third-order valence-corrected chi connectivity index (χ3v) is 3.93. The van der Waals surface area contributed by atoms with Crippen LogP contribution in [0.5, 0.6) is 5.75 Å². The van der Waals surface area contributed by atoms with Gasteiger partial charge in [-0.1, -0.05) is 6.07 Å². The van der Waals surface area contributed by atoms with Crippen LogP contribution in [0.15, 0.2) is 23.5 Å². The number of ketones is 1. The Labute approximate surface area is 118 Å². The molecule has 2 aliphatic rings. The molecule has 0 spiro atoms. The zero-order chi connectivity index (χ0) is 14.5. The second-order valence-corrected chi connectivity index (χ2v) is 5.64. The van der Waals surface area contributed by atoms with Crippen LogP contribution < -0.4 is 4.74 Å². The predicted octanol–water partition coefficient (Wildman–Crippen LogP) is 2.99. The van der Waals surface area contributed by atoms with E-state index >= 15 is 0 Å². The Morgan fingerprint density at radius 1 is 1.35 bits per heavy atom. The number of methoxy groups -OCH3 is 1. The molecule has 0 saturated carbocycles. The third kappa shape index (κ3) is 1.87. The summed E-state index contributed by atoms with van der Waals surface area (Å²) in [4.78, 5) is 12.3. The first-order valence-corrected chi connectivity index (χ1v) is 6.69. The molecule has 0 radical (unpaired) electrons. The lowest BCUT2D eigenvalue weighted by molar-refractivity contribution is -0.223. The molecule has 0 saturated heterocycles. The lowest BCUT2D eigenvalue weighted by Gasteiger charge is -2.34. The van der Waals surface area contributed by atoms with Gasteiger partial charge in [0, 0.05) is 19.1 Å². The largest absolute Gasteiger partial charge is 0.452 e. The molecule has 1 aromatic rings. The summed E-state index contributed by atoms with van der Waals surface area (Å²) in [5.74, 6) is 0.446. The molecule has 0 amide bonds. The highest BCUT2D eigenvalue weighted by molar-refractivity contribution is 6.13. The number of fused-ring (bicyclic) bond motifs is 3. The second-order valence-electron chi connectivity index (χ2n) is 5.64. The van der Waals surface area contributed by atoms with E-state index in [1.165, 1.54) is 0 Å². The molecular formula is C16H18O4. The Balaban J connectivity index is 2.07. The van der Waals surface area contributed by atoms with Crippen LogP contribution in [0.4, 0.5) is 0 Å². The highest BCUT2D eigenvalue weighted by atomic mass is 16.7. The van der Waals surface area contributed by atoms with Crippen molar-refractivity contribution in [2.45, 2.75) is 39.6 Å². The van der Waals surface area contributed by atoms with Crippen molar-refractivity contribution in [3.05, 3.63) is 40.2 Å². The zero-order valence-corrected chi connectivity index (χ0v) is 12.2. The maximum absolute atomic E-state index is 12.3. The molecule has 1 unspecified atom stereocenters. The van der Waals surface area contributed by atoms with E-state index in [-0.39, 0.29) is 5.78 Å². The molecule has 4 heteroatoms. The molecule has 106 valence electrons. The molecule has 0 bridgehead atoms. The molecule has 1 aromatic carbocycles. The smallest absolute Gasteiger partial charge is 0.231 e. The maximum atomic E-state index is 12.3. The molecule has 3 rings (SSSR count). The van der Waals surface area contributed by atoms with Crippen molar-refractivity contribution in [3.8, 4) is 5.75 Å². The van der Waals surface area contributed by atoms with Crippen LogP contribution in [0.3, 0.4) is 0 Å².